The van der Waals surface area contributed by atoms with Crippen molar-refractivity contribution in [2.24, 2.45) is 5.73 Å². The lowest BCUT2D eigenvalue weighted by atomic mass is 10.2. The van der Waals surface area contributed by atoms with Crippen molar-refractivity contribution in [1.29, 1.82) is 0 Å². The number of rotatable bonds is 3. The van der Waals surface area contributed by atoms with Crippen LogP contribution in [0.2, 0.25) is 0 Å². The molecule has 1 heterocycles. The molecule has 1 aliphatic heterocycles. The highest BCUT2D eigenvalue weighted by Crippen LogP contribution is 2.28. The van der Waals surface area contributed by atoms with Crippen molar-refractivity contribution in [2.45, 2.75) is 12.5 Å². The molecule has 0 fully saturated rings. The third-order valence-corrected chi connectivity index (χ3v) is 2.68. The summed E-state index contributed by atoms with van der Waals surface area (Å²) in [5, 5.41) is 0. The first-order chi connectivity index (χ1) is 7.24. The van der Waals surface area contributed by atoms with E-state index in [4.69, 9.17) is 5.73 Å². The zero-order valence-electron chi connectivity index (χ0n) is 8.22. The van der Waals surface area contributed by atoms with Crippen LogP contribution in [0.5, 0.6) is 0 Å². The molecule has 1 unspecified atom stereocenters. The molecule has 1 aromatic carbocycles. The number of carbonyl (C=O) groups excluding carboxylic acids is 2. The Bertz CT molecular complexity index is 403. The molecule has 0 saturated carbocycles. The van der Waals surface area contributed by atoms with Gasteiger partial charge in [-0.2, -0.15) is 0 Å². The minimum Gasteiger partial charge on any atom is -0.367 e. The first-order valence-electron chi connectivity index (χ1n) is 4.83. The van der Waals surface area contributed by atoms with Gasteiger partial charge in [0.2, 0.25) is 5.91 Å². The molecular weight excluding hydrogens is 192 g/mol. The van der Waals surface area contributed by atoms with E-state index in [1.54, 1.807) is 4.90 Å². The number of nitrogens with two attached hydrogens (primary N) is 1. The quantitative estimate of drug-likeness (QED) is 0.561. The molecular formula is C11H12N2O2. The maximum absolute atomic E-state index is 11.1. The molecule has 1 aromatic rings. The number of benzene rings is 1. The summed E-state index contributed by atoms with van der Waals surface area (Å²) < 4.78 is 0. The van der Waals surface area contributed by atoms with Crippen LogP contribution in [-0.2, 0) is 16.0 Å². The van der Waals surface area contributed by atoms with Crippen molar-refractivity contribution in [1.82, 2.24) is 0 Å². The average Bonchev–Trinajstić information content (AvgIpc) is 2.63. The predicted octanol–water partition coefficient (Wildman–Crippen LogP) is 0.102. The SMILES string of the molecule is NC(=O)C(C=O)N1CCc2ccccc21. The molecule has 78 valence electrons. The van der Waals surface area contributed by atoms with Gasteiger partial charge < -0.3 is 15.4 Å². The molecule has 0 aromatic heterocycles. The van der Waals surface area contributed by atoms with Gasteiger partial charge in [-0.1, -0.05) is 18.2 Å². The highest BCUT2D eigenvalue weighted by Gasteiger charge is 2.28. The summed E-state index contributed by atoms with van der Waals surface area (Å²) in [6, 6.07) is 6.90. The number of aldehydes is 1. The van der Waals surface area contributed by atoms with Crippen LogP contribution in [0.3, 0.4) is 0 Å². The van der Waals surface area contributed by atoms with Gasteiger partial charge in [0.05, 0.1) is 0 Å². The third kappa shape index (κ3) is 1.58. The number of anilines is 1. The van der Waals surface area contributed by atoms with Crippen LogP contribution in [0.15, 0.2) is 24.3 Å². The smallest absolute Gasteiger partial charge is 0.247 e. The van der Waals surface area contributed by atoms with Gasteiger partial charge in [-0.15, -0.1) is 0 Å². The normalized spacial score (nSPS) is 15.9. The monoisotopic (exact) mass is 204 g/mol. The van der Waals surface area contributed by atoms with E-state index in [2.05, 4.69) is 0 Å². The summed E-state index contributed by atoms with van der Waals surface area (Å²) in [6.07, 6.45) is 1.46. The molecule has 2 N–H and O–H groups in total. The van der Waals surface area contributed by atoms with Crippen LogP contribution in [-0.4, -0.2) is 24.8 Å². The zero-order valence-corrected chi connectivity index (χ0v) is 8.22. The Kier molecular flexibility index (Phi) is 2.41. The molecule has 0 saturated heterocycles. The summed E-state index contributed by atoms with van der Waals surface area (Å²) in [7, 11) is 0. The van der Waals surface area contributed by atoms with Crippen molar-refractivity contribution >= 4 is 17.9 Å². The molecule has 1 atom stereocenters. The van der Waals surface area contributed by atoms with Crippen molar-refractivity contribution in [3.05, 3.63) is 29.8 Å². The predicted molar refractivity (Wildman–Crippen MR) is 56.5 cm³/mol. The van der Waals surface area contributed by atoms with E-state index < -0.39 is 11.9 Å². The number of primary amides is 1. The number of amides is 1. The van der Waals surface area contributed by atoms with Gasteiger partial charge in [-0.3, -0.25) is 4.79 Å². The first kappa shape index (κ1) is 9.71. The number of nitrogens with zero attached hydrogens (tertiary/aromatic N) is 1. The Hall–Kier alpha value is -1.84. The van der Waals surface area contributed by atoms with E-state index in [1.165, 1.54) is 0 Å². The lowest BCUT2D eigenvalue weighted by Gasteiger charge is -2.23. The zero-order chi connectivity index (χ0) is 10.8. The molecule has 1 aliphatic rings. The minimum atomic E-state index is -0.839. The largest absolute Gasteiger partial charge is 0.367 e. The minimum absolute atomic E-state index is 0.596. The second-order valence-corrected chi connectivity index (χ2v) is 3.56. The summed E-state index contributed by atoms with van der Waals surface area (Å²) in [5.41, 5.74) is 7.27. The van der Waals surface area contributed by atoms with E-state index in [9.17, 15) is 9.59 Å². The standard InChI is InChI=1S/C11H12N2O2/c12-11(15)10(7-14)13-6-5-8-3-1-2-4-9(8)13/h1-4,7,10H,5-6H2,(H2,12,15). The Morgan fingerprint density at radius 3 is 2.87 bits per heavy atom. The van der Waals surface area contributed by atoms with Crippen LogP contribution in [0.25, 0.3) is 0 Å². The fraction of sp³-hybridized carbons (Fsp3) is 0.273. The number of hydrogen-bond acceptors (Lipinski definition) is 3. The fourth-order valence-electron chi connectivity index (χ4n) is 1.95. The molecule has 4 heteroatoms. The summed E-state index contributed by atoms with van der Waals surface area (Å²) in [6.45, 7) is 0.672. The molecule has 0 aliphatic carbocycles. The second-order valence-electron chi connectivity index (χ2n) is 3.56. The van der Waals surface area contributed by atoms with Crippen LogP contribution in [0.1, 0.15) is 5.56 Å². The van der Waals surface area contributed by atoms with Crippen LogP contribution in [0.4, 0.5) is 5.69 Å². The maximum atomic E-state index is 11.1. The summed E-state index contributed by atoms with van der Waals surface area (Å²) in [4.78, 5) is 23.6. The number of carbonyl (C=O) groups is 2. The van der Waals surface area contributed by atoms with Crippen molar-refractivity contribution < 1.29 is 9.59 Å². The van der Waals surface area contributed by atoms with Crippen LogP contribution >= 0.6 is 0 Å². The Morgan fingerprint density at radius 2 is 2.20 bits per heavy atom. The molecule has 1 amide bonds. The van der Waals surface area contributed by atoms with E-state index in [-0.39, 0.29) is 0 Å². The number of hydrogen-bond donors (Lipinski definition) is 1. The van der Waals surface area contributed by atoms with Gasteiger partial charge >= 0.3 is 0 Å². The number of fused-ring (bicyclic) bond motifs is 1. The second kappa shape index (κ2) is 3.73. The van der Waals surface area contributed by atoms with Crippen LogP contribution in [0, 0.1) is 0 Å². The number of para-hydroxylation sites is 1. The van der Waals surface area contributed by atoms with Gasteiger partial charge in [-0.25, -0.2) is 0 Å². The van der Waals surface area contributed by atoms with E-state index in [1.807, 2.05) is 24.3 Å². The first-order valence-corrected chi connectivity index (χ1v) is 4.83. The molecule has 4 nitrogen and oxygen atoms in total. The molecule has 0 bridgehead atoms. The fourth-order valence-corrected chi connectivity index (χ4v) is 1.95. The Morgan fingerprint density at radius 1 is 1.47 bits per heavy atom. The van der Waals surface area contributed by atoms with Gasteiger partial charge in [0.1, 0.15) is 0 Å². The van der Waals surface area contributed by atoms with Gasteiger partial charge in [-0.05, 0) is 18.1 Å². The molecule has 2 rings (SSSR count). The van der Waals surface area contributed by atoms with E-state index in [0.29, 0.717) is 12.8 Å². The lowest BCUT2D eigenvalue weighted by molar-refractivity contribution is -0.123. The van der Waals surface area contributed by atoms with Crippen molar-refractivity contribution in [2.75, 3.05) is 11.4 Å². The van der Waals surface area contributed by atoms with Gasteiger partial charge in [0, 0.05) is 12.2 Å². The molecule has 0 spiro atoms. The highest BCUT2D eigenvalue weighted by molar-refractivity contribution is 5.98. The Balaban J connectivity index is 2.34. The van der Waals surface area contributed by atoms with Crippen molar-refractivity contribution in [3.8, 4) is 0 Å². The highest BCUT2D eigenvalue weighted by atomic mass is 16.2. The maximum Gasteiger partial charge on any atom is 0.247 e. The molecule has 15 heavy (non-hydrogen) atoms. The molecule has 0 radical (unpaired) electrons. The van der Waals surface area contributed by atoms with Gasteiger partial charge in [0.25, 0.3) is 0 Å². The topological polar surface area (TPSA) is 63.4 Å². The lowest BCUT2D eigenvalue weighted by Crippen LogP contribution is -2.45. The van der Waals surface area contributed by atoms with E-state index in [0.717, 1.165) is 17.7 Å². The Labute approximate surface area is 87.7 Å². The van der Waals surface area contributed by atoms with Crippen molar-refractivity contribution in [3.63, 3.8) is 0 Å². The van der Waals surface area contributed by atoms with Gasteiger partial charge in [0.15, 0.2) is 12.3 Å². The average molecular weight is 204 g/mol. The van der Waals surface area contributed by atoms with Crippen LogP contribution < -0.4 is 10.6 Å². The summed E-state index contributed by atoms with van der Waals surface area (Å²) >= 11 is 0. The third-order valence-electron chi connectivity index (χ3n) is 2.68. The van der Waals surface area contributed by atoms with E-state index >= 15 is 0 Å². The summed E-state index contributed by atoms with van der Waals surface area (Å²) in [5.74, 6) is -0.596.